The molecule has 1 aromatic carbocycles. The Kier molecular flexibility index (Phi) is 6.16. The Morgan fingerprint density at radius 1 is 1.17 bits per heavy atom. The van der Waals surface area contributed by atoms with E-state index in [0.717, 1.165) is 49.1 Å². The Hall–Kier alpha value is -2.30. The van der Waals surface area contributed by atoms with Crippen molar-refractivity contribution < 1.29 is 23.3 Å². The lowest BCUT2D eigenvalue weighted by Gasteiger charge is -2.30. The smallest absolute Gasteiger partial charge is 0.358 e. The summed E-state index contributed by atoms with van der Waals surface area (Å²) in [6.07, 6.45) is 0. The van der Waals surface area contributed by atoms with Gasteiger partial charge in [-0.25, -0.2) is 13.8 Å². The van der Waals surface area contributed by atoms with Crippen LogP contribution in [0.2, 0.25) is 0 Å². The summed E-state index contributed by atoms with van der Waals surface area (Å²) in [6, 6.07) is 5.17. The first-order valence-corrected chi connectivity index (χ1v) is 10.9. The first-order chi connectivity index (χ1) is 14.5. The zero-order valence-electron chi connectivity index (χ0n) is 17.1. The summed E-state index contributed by atoms with van der Waals surface area (Å²) in [7, 11) is 3.12. The van der Waals surface area contributed by atoms with Gasteiger partial charge in [0.2, 0.25) is 0 Å². The molecular formula is C20H25FN5O3S+. The number of halogens is 1. The van der Waals surface area contributed by atoms with Crippen molar-refractivity contribution >= 4 is 34.7 Å². The number of carbonyl (C=O) groups is 2. The Labute approximate surface area is 179 Å². The van der Waals surface area contributed by atoms with Crippen molar-refractivity contribution in [3.63, 3.8) is 0 Å². The molecule has 4 rings (SSSR count). The second-order valence-electron chi connectivity index (χ2n) is 7.45. The molecule has 1 aromatic rings. The minimum atomic E-state index is -0.659. The maximum absolute atomic E-state index is 13.3. The van der Waals surface area contributed by atoms with Crippen LogP contribution in [-0.4, -0.2) is 101 Å². The minimum absolute atomic E-state index is 0.303. The number of imide groups is 1. The van der Waals surface area contributed by atoms with Crippen LogP contribution >= 0.6 is 11.8 Å². The van der Waals surface area contributed by atoms with Crippen LogP contribution in [0.5, 0.6) is 0 Å². The van der Waals surface area contributed by atoms with Crippen LogP contribution in [0.4, 0.5) is 9.18 Å². The van der Waals surface area contributed by atoms with Gasteiger partial charge in [0.05, 0.1) is 13.2 Å². The van der Waals surface area contributed by atoms with Crippen molar-refractivity contribution in [2.45, 2.75) is 12.6 Å². The SMILES string of the molecule is CN1C(=O)C2C(=NC(SCCN3CCOCC3)=[N+]2Cc2ccc(F)cc2)N(C)C1=O. The fourth-order valence-electron chi connectivity index (χ4n) is 3.73. The molecule has 0 N–H and O–H groups in total. The van der Waals surface area contributed by atoms with E-state index in [2.05, 4.69) is 9.89 Å². The minimum Gasteiger partial charge on any atom is -0.379 e. The van der Waals surface area contributed by atoms with Crippen LogP contribution in [0.15, 0.2) is 29.3 Å². The standard InChI is InChI=1S/C20H25FN5O3S/c1-23-17-16(18(27)24(2)20(23)28)26(13-14-3-5-15(21)6-4-14)19(22-17)30-12-9-25-7-10-29-11-8-25/h3-6,16H,7-13H2,1-2H3/q+1. The van der Waals surface area contributed by atoms with Gasteiger partial charge < -0.3 is 4.74 Å². The molecule has 3 aliphatic rings. The monoisotopic (exact) mass is 434 g/mol. The van der Waals surface area contributed by atoms with E-state index < -0.39 is 12.1 Å². The molecule has 0 bridgehead atoms. The van der Waals surface area contributed by atoms with E-state index in [1.54, 1.807) is 30.9 Å². The lowest BCUT2D eigenvalue weighted by molar-refractivity contribution is -0.548. The van der Waals surface area contributed by atoms with Crippen LogP contribution in [-0.2, 0) is 16.1 Å². The van der Waals surface area contributed by atoms with E-state index in [4.69, 9.17) is 4.74 Å². The van der Waals surface area contributed by atoms with Crippen molar-refractivity contribution in [2.75, 3.05) is 52.7 Å². The van der Waals surface area contributed by atoms with Gasteiger partial charge in [0.1, 0.15) is 12.4 Å². The number of urea groups is 1. The molecule has 0 aromatic heterocycles. The molecule has 0 saturated carbocycles. The van der Waals surface area contributed by atoms with E-state index in [0.29, 0.717) is 17.5 Å². The zero-order chi connectivity index (χ0) is 21.3. The van der Waals surface area contributed by atoms with Gasteiger partial charge in [-0.3, -0.25) is 19.5 Å². The lowest BCUT2D eigenvalue weighted by atomic mass is 10.1. The second kappa shape index (κ2) is 8.83. The normalized spacial score (nSPS) is 22.6. The number of amidine groups is 2. The first-order valence-electron chi connectivity index (χ1n) is 9.90. The predicted molar refractivity (Wildman–Crippen MR) is 112 cm³/mol. The van der Waals surface area contributed by atoms with Gasteiger partial charge in [0, 0.05) is 39.5 Å². The highest BCUT2D eigenvalue weighted by molar-refractivity contribution is 8.13. The molecule has 0 radical (unpaired) electrons. The van der Waals surface area contributed by atoms with Gasteiger partial charge >= 0.3 is 11.2 Å². The number of carbonyl (C=O) groups excluding carboxylic acids is 2. The molecule has 30 heavy (non-hydrogen) atoms. The van der Waals surface area contributed by atoms with Crippen LogP contribution < -0.4 is 0 Å². The van der Waals surface area contributed by atoms with Crippen molar-refractivity contribution in [1.29, 1.82) is 0 Å². The number of aliphatic imine (C=N–C) groups is 1. The Morgan fingerprint density at radius 3 is 2.57 bits per heavy atom. The maximum atomic E-state index is 13.3. The van der Waals surface area contributed by atoms with Gasteiger partial charge in [-0.05, 0) is 34.5 Å². The fourth-order valence-corrected chi connectivity index (χ4v) is 4.75. The van der Waals surface area contributed by atoms with E-state index in [1.165, 1.54) is 24.1 Å². The molecule has 3 aliphatic heterocycles. The van der Waals surface area contributed by atoms with Gasteiger partial charge in [-0.15, -0.1) is 0 Å². The second-order valence-corrected chi connectivity index (χ2v) is 8.51. The number of hydrogen-bond acceptors (Lipinski definition) is 6. The van der Waals surface area contributed by atoms with Crippen LogP contribution in [0.3, 0.4) is 0 Å². The largest absolute Gasteiger partial charge is 0.379 e. The molecule has 2 saturated heterocycles. The Bertz CT molecular complexity index is 898. The number of ether oxygens (including phenoxy) is 1. The molecule has 1 unspecified atom stereocenters. The third-order valence-electron chi connectivity index (χ3n) is 5.50. The molecule has 8 nitrogen and oxygen atoms in total. The number of nitrogens with zero attached hydrogens (tertiary/aromatic N) is 5. The first kappa shape index (κ1) is 21.0. The summed E-state index contributed by atoms with van der Waals surface area (Å²) in [4.78, 5) is 34.9. The summed E-state index contributed by atoms with van der Waals surface area (Å²) in [5, 5.41) is 0.705. The molecule has 160 valence electrons. The molecule has 10 heteroatoms. The van der Waals surface area contributed by atoms with Crippen LogP contribution in [0.1, 0.15) is 5.56 Å². The predicted octanol–water partition coefficient (Wildman–Crippen LogP) is 1.06. The Balaban J connectivity index is 1.57. The van der Waals surface area contributed by atoms with Crippen molar-refractivity contribution in [3.8, 4) is 0 Å². The summed E-state index contributed by atoms with van der Waals surface area (Å²) in [6.45, 7) is 4.60. The quantitative estimate of drug-likeness (QED) is 0.649. The zero-order valence-corrected chi connectivity index (χ0v) is 17.9. The molecule has 3 heterocycles. The summed E-state index contributed by atoms with van der Waals surface area (Å²) in [5.74, 6) is 0.641. The highest BCUT2D eigenvalue weighted by atomic mass is 32.2. The molecule has 0 aliphatic carbocycles. The number of hydrogen-bond donors (Lipinski definition) is 0. The highest BCUT2D eigenvalue weighted by Crippen LogP contribution is 2.24. The third kappa shape index (κ3) is 4.12. The van der Waals surface area contributed by atoms with E-state index in [1.807, 2.05) is 4.58 Å². The summed E-state index contributed by atoms with van der Waals surface area (Å²) in [5.41, 5.74) is 0.870. The summed E-state index contributed by atoms with van der Waals surface area (Å²) >= 11 is 1.57. The van der Waals surface area contributed by atoms with Crippen molar-refractivity contribution in [2.24, 2.45) is 4.99 Å². The van der Waals surface area contributed by atoms with Crippen molar-refractivity contribution in [3.05, 3.63) is 35.6 Å². The fraction of sp³-hybridized carbons (Fsp3) is 0.500. The van der Waals surface area contributed by atoms with Gasteiger partial charge in [-0.2, -0.15) is 0 Å². The molecule has 3 amide bonds. The average Bonchev–Trinajstić information content (AvgIpc) is 3.11. The maximum Gasteiger partial charge on any atom is 0.358 e. The number of rotatable bonds is 5. The number of morpholine rings is 1. The number of thioether (sulfide) groups is 1. The van der Waals surface area contributed by atoms with E-state index in [9.17, 15) is 14.0 Å². The molecular weight excluding hydrogens is 409 g/mol. The van der Waals surface area contributed by atoms with Gasteiger partial charge in [0.25, 0.3) is 17.8 Å². The number of likely N-dealkylation sites (N-methyl/N-ethyl adjacent to an activating group) is 2. The van der Waals surface area contributed by atoms with E-state index in [-0.39, 0.29) is 11.7 Å². The van der Waals surface area contributed by atoms with Gasteiger partial charge in [0.15, 0.2) is 0 Å². The number of amides is 3. The lowest BCUT2D eigenvalue weighted by Crippen LogP contribution is -2.61. The van der Waals surface area contributed by atoms with Gasteiger partial charge in [-0.1, -0.05) is 12.1 Å². The molecule has 0 spiro atoms. The highest BCUT2D eigenvalue weighted by Gasteiger charge is 2.53. The Morgan fingerprint density at radius 2 is 1.87 bits per heavy atom. The molecule has 1 atom stereocenters. The number of fused-ring (bicyclic) bond motifs is 1. The molecule has 2 fully saturated rings. The van der Waals surface area contributed by atoms with Crippen LogP contribution in [0, 0.1) is 5.82 Å². The third-order valence-corrected chi connectivity index (χ3v) is 6.47. The van der Waals surface area contributed by atoms with Crippen LogP contribution in [0.25, 0.3) is 0 Å². The summed E-state index contributed by atoms with van der Waals surface area (Å²) < 4.78 is 20.6. The average molecular weight is 435 g/mol. The van der Waals surface area contributed by atoms with E-state index >= 15 is 0 Å². The topological polar surface area (TPSA) is 68.5 Å². The number of benzene rings is 1. The van der Waals surface area contributed by atoms with Crippen molar-refractivity contribution in [1.82, 2.24) is 14.7 Å².